The molecule has 1 heterocycles. The van der Waals surface area contributed by atoms with Crippen LogP contribution in [0.25, 0.3) is 0 Å². The molecule has 4 heteroatoms. The molecule has 0 spiro atoms. The summed E-state index contributed by atoms with van der Waals surface area (Å²) in [4.78, 5) is 0. The lowest BCUT2D eigenvalue weighted by molar-refractivity contribution is 0.434. The van der Waals surface area contributed by atoms with Crippen LogP contribution in [0.5, 0.6) is 0 Å². The van der Waals surface area contributed by atoms with E-state index in [-0.39, 0.29) is 5.82 Å². The number of thioether (sulfide) groups is 1. The summed E-state index contributed by atoms with van der Waals surface area (Å²) in [7, 11) is 0. The highest BCUT2D eigenvalue weighted by atomic mass is 35.5. The zero-order valence-corrected chi connectivity index (χ0v) is 11.5. The number of rotatable bonds is 4. The Hall–Kier alpha value is -0.250. The van der Waals surface area contributed by atoms with Gasteiger partial charge in [0.1, 0.15) is 5.82 Å². The third-order valence-corrected chi connectivity index (χ3v) is 4.77. The van der Waals surface area contributed by atoms with E-state index in [9.17, 15) is 4.39 Å². The second kappa shape index (κ2) is 6.07. The Morgan fingerprint density at radius 2 is 2.29 bits per heavy atom. The standard InChI is InChI=1S/C13H17ClFNS/c1-2-16-13-8-17-7-10(13)5-9-3-4-11(15)6-12(9)14/h3-4,6,10,13,16H,2,5,7-8H2,1H3. The van der Waals surface area contributed by atoms with E-state index >= 15 is 0 Å². The van der Waals surface area contributed by atoms with Crippen LogP contribution in [-0.4, -0.2) is 24.1 Å². The SMILES string of the molecule is CCNC1CSCC1Cc1ccc(F)cc1Cl. The van der Waals surface area contributed by atoms with E-state index in [1.807, 2.05) is 17.8 Å². The molecule has 2 rings (SSSR count). The van der Waals surface area contributed by atoms with Gasteiger partial charge in [-0.25, -0.2) is 4.39 Å². The Balaban J connectivity index is 2.04. The molecule has 1 saturated heterocycles. The molecule has 94 valence electrons. The second-order valence-electron chi connectivity index (χ2n) is 4.40. The zero-order valence-electron chi connectivity index (χ0n) is 9.88. The van der Waals surface area contributed by atoms with Gasteiger partial charge in [0, 0.05) is 16.8 Å². The quantitative estimate of drug-likeness (QED) is 0.903. The summed E-state index contributed by atoms with van der Waals surface area (Å²) >= 11 is 8.04. The number of nitrogens with one attached hydrogen (secondary N) is 1. The van der Waals surface area contributed by atoms with E-state index in [2.05, 4.69) is 12.2 Å². The summed E-state index contributed by atoms with van der Waals surface area (Å²) in [5.74, 6) is 2.66. The predicted octanol–water partition coefficient (Wildman–Crippen LogP) is 3.36. The van der Waals surface area contributed by atoms with E-state index in [0.29, 0.717) is 17.0 Å². The average molecular weight is 274 g/mol. The van der Waals surface area contributed by atoms with Crippen LogP contribution >= 0.6 is 23.4 Å². The van der Waals surface area contributed by atoms with E-state index in [1.165, 1.54) is 12.1 Å². The predicted molar refractivity (Wildman–Crippen MR) is 73.4 cm³/mol. The molecule has 0 saturated carbocycles. The van der Waals surface area contributed by atoms with Crippen LogP contribution in [0, 0.1) is 11.7 Å². The van der Waals surface area contributed by atoms with E-state index < -0.39 is 0 Å². The van der Waals surface area contributed by atoms with E-state index in [0.717, 1.165) is 30.0 Å². The van der Waals surface area contributed by atoms with Crippen LogP contribution in [0.2, 0.25) is 5.02 Å². The molecule has 1 fully saturated rings. The summed E-state index contributed by atoms with van der Waals surface area (Å²) in [5.41, 5.74) is 1.06. The molecule has 1 aliphatic heterocycles. The van der Waals surface area contributed by atoms with Crippen LogP contribution in [0.3, 0.4) is 0 Å². The van der Waals surface area contributed by atoms with Crippen LogP contribution in [-0.2, 0) is 6.42 Å². The number of halogens is 2. The maximum Gasteiger partial charge on any atom is 0.124 e. The van der Waals surface area contributed by atoms with Crippen LogP contribution in [0.1, 0.15) is 12.5 Å². The molecule has 17 heavy (non-hydrogen) atoms. The first-order valence-electron chi connectivity index (χ1n) is 5.95. The highest BCUT2D eigenvalue weighted by Crippen LogP contribution is 2.29. The van der Waals surface area contributed by atoms with Crippen molar-refractivity contribution in [3.05, 3.63) is 34.6 Å². The minimum atomic E-state index is -0.261. The monoisotopic (exact) mass is 273 g/mol. The maximum absolute atomic E-state index is 13.0. The number of benzene rings is 1. The molecule has 1 nitrogen and oxygen atoms in total. The minimum absolute atomic E-state index is 0.261. The fourth-order valence-electron chi connectivity index (χ4n) is 2.26. The van der Waals surface area contributed by atoms with Crippen molar-refractivity contribution in [3.63, 3.8) is 0 Å². The molecule has 2 atom stereocenters. The first-order chi connectivity index (χ1) is 8.20. The van der Waals surface area contributed by atoms with Gasteiger partial charge in [0.2, 0.25) is 0 Å². The Labute approximate surface area is 111 Å². The fraction of sp³-hybridized carbons (Fsp3) is 0.538. The first kappa shape index (κ1) is 13.2. The maximum atomic E-state index is 13.0. The van der Waals surface area contributed by atoms with Gasteiger partial charge < -0.3 is 5.32 Å². The van der Waals surface area contributed by atoms with Crippen LogP contribution in [0.15, 0.2) is 18.2 Å². The molecule has 0 bridgehead atoms. The lowest BCUT2D eigenvalue weighted by atomic mass is 9.95. The molecule has 0 radical (unpaired) electrons. The van der Waals surface area contributed by atoms with Crippen molar-refractivity contribution in [1.82, 2.24) is 5.32 Å². The fourth-order valence-corrected chi connectivity index (χ4v) is 3.93. The van der Waals surface area contributed by atoms with Crippen molar-refractivity contribution in [1.29, 1.82) is 0 Å². The van der Waals surface area contributed by atoms with Gasteiger partial charge >= 0.3 is 0 Å². The van der Waals surface area contributed by atoms with Gasteiger partial charge in [-0.3, -0.25) is 0 Å². The highest BCUT2D eigenvalue weighted by molar-refractivity contribution is 7.99. The van der Waals surface area contributed by atoms with E-state index in [4.69, 9.17) is 11.6 Å². The Kier molecular flexibility index (Phi) is 4.71. The van der Waals surface area contributed by atoms with Gasteiger partial charge in [-0.1, -0.05) is 24.6 Å². The van der Waals surface area contributed by atoms with Crippen molar-refractivity contribution < 1.29 is 4.39 Å². The summed E-state index contributed by atoms with van der Waals surface area (Å²) in [5, 5.41) is 4.06. The molecule has 1 N–H and O–H groups in total. The first-order valence-corrected chi connectivity index (χ1v) is 7.49. The summed E-state index contributed by atoms with van der Waals surface area (Å²) in [6.07, 6.45) is 0.934. The van der Waals surface area contributed by atoms with Gasteiger partial charge in [-0.15, -0.1) is 0 Å². The van der Waals surface area contributed by atoms with Gasteiger partial charge in [-0.05, 0) is 42.3 Å². The van der Waals surface area contributed by atoms with Crippen LogP contribution in [0.4, 0.5) is 4.39 Å². The van der Waals surface area contributed by atoms with Crippen molar-refractivity contribution in [2.75, 3.05) is 18.1 Å². The lowest BCUT2D eigenvalue weighted by Gasteiger charge is -2.19. The lowest BCUT2D eigenvalue weighted by Crippen LogP contribution is -2.36. The molecule has 0 aromatic heterocycles. The minimum Gasteiger partial charge on any atom is -0.313 e. The number of hydrogen-bond donors (Lipinski definition) is 1. The van der Waals surface area contributed by atoms with Crippen LogP contribution < -0.4 is 5.32 Å². The van der Waals surface area contributed by atoms with Gasteiger partial charge in [-0.2, -0.15) is 11.8 Å². The van der Waals surface area contributed by atoms with Crippen molar-refractivity contribution in [2.45, 2.75) is 19.4 Å². The average Bonchev–Trinajstić information content (AvgIpc) is 2.71. The Bertz CT molecular complexity index is 386. The summed E-state index contributed by atoms with van der Waals surface area (Å²) < 4.78 is 13.0. The third-order valence-electron chi connectivity index (χ3n) is 3.16. The van der Waals surface area contributed by atoms with Gasteiger partial charge in [0.25, 0.3) is 0 Å². The molecular formula is C13H17ClFNS. The van der Waals surface area contributed by atoms with Crippen molar-refractivity contribution >= 4 is 23.4 Å². The molecule has 1 aliphatic rings. The van der Waals surface area contributed by atoms with E-state index in [1.54, 1.807) is 0 Å². The molecule has 2 unspecified atom stereocenters. The summed E-state index contributed by atoms with van der Waals surface area (Å²) in [6, 6.07) is 5.27. The Morgan fingerprint density at radius 3 is 3.00 bits per heavy atom. The smallest absolute Gasteiger partial charge is 0.124 e. The second-order valence-corrected chi connectivity index (χ2v) is 5.88. The zero-order chi connectivity index (χ0) is 12.3. The van der Waals surface area contributed by atoms with Gasteiger partial charge in [0.05, 0.1) is 0 Å². The third kappa shape index (κ3) is 3.36. The van der Waals surface area contributed by atoms with Crippen molar-refractivity contribution in [3.8, 4) is 0 Å². The largest absolute Gasteiger partial charge is 0.313 e. The van der Waals surface area contributed by atoms with Crippen molar-refractivity contribution in [2.24, 2.45) is 5.92 Å². The normalized spacial score (nSPS) is 24.2. The molecular weight excluding hydrogens is 257 g/mol. The molecule has 0 aliphatic carbocycles. The highest BCUT2D eigenvalue weighted by Gasteiger charge is 2.27. The Morgan fingerprint density at radius 1 is 1.47 bits per heavy atom. The molecule has 1 aromatic rings. The van der Waals surface area contributed by atoms with Gasteiger partial charge in [0.15, 0.2) is 0 Å². The number of hydrogen-bond acceptors (Lipinski definition) is 2. The molecule has 0 amide bonds. The molecule has 1 aromatic carbocycles. The topological polar surface area (TPSA) is 12.0 Å². The summed E-state index contributed by atoms with van der Waals surface area (Å²) in [6.45, 7) is 3.13.